The minimum Gasteiger partial charge on any atom is -0.339 e. The molecule has 2 rings (SSSR count). The van der Waals surface area contributed by atoms with Gasteiger partial charge in [-0.15, -0.1) is 0 Å². The molecular weight excluding hydrogens is 224 g/mol. The van der Waals surface area contributed by atoms with Crippen molar-refractivity contribution in [1.82, 2.24) is 10.3 Å². The van der Waals surface area contributed by atoms with Crippen LogP contribution in [0.1, 0.15) is 58.8 Å². The third-order valence-electron chi connectivity index (χ3n) is 4.42. The van der Waals surface area contributed by atoms with Crippen molar-refractivity contribution in [3.8, 4) is 0 Å². The highest BCUT2D eigenvalue weighted by Crippen LogP contribution is 2.24. The maximum atomic E-state index is 5.70. The quantitative estimate of drug-likeness (QED) is 0.326. The lowest BCUT2D eigenvalue weighted by Crippen LogP contribution is -2.52. The van der Waals surface area contributed by atoms with Crippen molar-refractivity contribution < 1.29 is 0 Å². The van der Waals surface area contributed by atoms with Gasteiger partial charge in [0.15, 0.2) is 0 Å². The largest absolute Gasteiger partial charge is 0.339 e. The van der Waals surface area contributed by atoms with Crippen molar-refractivity contribution in [1.29, 1.82) is 0 Å². The van der Waals surface area contributed by atoms with Gasteiger partial charge in [0, 0.05) is 12.6 Å². The SMILES string of the molecule is CC1CCN(C(=NC2CCCCC2)NN)C(C)C1. The smallest absolute Gasteiger partial charge is 0.208 e. The number of piperidine rings is 1. The molecule has 0 radical (unpaired) electrons. The Labute approximate surface area is 111 Å². The molecule has 0 bridgehead atoms. The molecule has 0 aromatic heterocycles. The van der Waals surface area contributed by atoms with Gasteiger partial charge in [-0.25, -0.2) is 10.8 Å². The Kier molecular flexibility index (Phi) is 4.87. The number of nitrogens with zero attached hydrogens (tertiary/aromatic N) is 2. The zero-order valence-corrected chi connectivity index (χ0v) is 11.9. The molecule has 1 heterocycles. The van der Waals surface area contributed by atoms with Crippen molar-refractivity contribution in [2.45, 2.75) is 70.9 Å². The number of nitrogens with one attached hydrogen (secondary N) is 1. The fourth-order valence-corrected chi connectivity index (χ4v) is 3.30. The number of guanidine groups is 1. The number of hydrazine groups is 1. The number of nitrogens with two attached hydrogens (primary N) is 1. The van der Waals surface area contributed by atoms with E-state index in [-0.39, 0.29) is 0 Å². The molecule has 0 aromatic rings. The van der Waals surface area contributed by atoms with Crippen LogP contribution in [0.2, 0.25) is 0 Å². The average molecular weight is 252 g/mol. The third-order valence-corrected chi connectivity index (χ3v) is 4.42. The van der Waals surface area contributed by atoms with Crippen molar-refractivity contribution in [2.24, 2.45) is 16.8 Å². The Morgan fingerprint density at radius 1 is 1.17 bits per heavy atom. The maximum Gasteiger partial charge on any atom is 0.208 e. The summed E-state index contributed by atoms with van der Waals surface area (Å²) in [7, 11) is 0. The second kappa shape index (κ2) is 6.41. The standard InChI is InChI=1S/C14H28N4/c1-11-8-9-18(12(2)10-11)14(17-15)16-13-6-4-3-5-7-13/h11-13H,3-10,15H2,1-2H3,(H,16,17). The molecule has 2 atom stereocenters. The monoisotopic (exact) mass is 252 g/mol. The number of hydrogen-bond acceptors (Lipinski definition) is 2. The first-order valence-corrected chi connectivity index (χ1v) is 7.51. The van der Waals surface area contributed by atoms with E-state index in [0.29, 0.717) is 12.1 Å². The Hall–Kier alpha value is -0.770. The predicted molar refractivity (Wildman–Crippen MR) is 76.2 cm³/mol. The molecule has 3 N–H and O–H groups in total. The van der Waals surface area contributed by atoms with E-state index in [4.69, 9.17) is 10.8 Å². The molecule has 1 saturated heterocycles. The number of hydrogen-bond donors (Lipinski definition) is 2. The van der Waals surface area contributed by atoms with Crippen molar-refractivity contribution in [3.63, 3.8) is 0 Å². The third kappa shape index (κ3) is 3.37. The van der Waals surface area contributed by atoms with Crippen LogP contribution in [0, 0.1) is 5.92 Å². The Morgan fingerprint density at radius 2 is 1.89 bits per heavy atom. The molecule has 0 amide bonds. The highest BCUT2D eigenvalue weighted by molar-refractivity contribution is 5.80. The van der Waals surface area contributed by atoms with Crippen LogP contribution in [-0.2, 0) is 0 Å². The van der Waals surface area contributed by atoms with Gasteiger partial charge in [-0.05, 0) is 38.5 Å². The van der Waals surface area contributed by atoms with Crippen LogP contribution in [0.5, 0.6) is 0 Å². The van der Waals surface area contributed by atoms with E-state index in [0.717, 1.165) is 18.4 Å². The van der Waals surface area contributed by atoms with Crippen LogP contribution in [0.15, 0.2) is 4.99 Å². The molecule has 18 heavy (non-hydrogen) atoms. The van der Waals surface area contributed by atoms with E-state index >= 15 is 0 Å². The molecule has 1 aliphatic carbocycles. The lowest BCUT2D eigenvalue weighted by molar-refractivity contribution is 0.202. The zero-order chi connectivity index (χ0) is 13.0. The maximum absolute atomic E-state index is 5.70. The van der Waals surface area contributed by atoms with Crippen molar-refractivity contribution in [3.05, 3.63) is 0 Å². The number of aliphatic imine (C=N–C) groups is 1. The topological polar surface area (TPSA) is 53.6 Å². The van der Waals surface area contributed by atoms with E-state index in [9.17, 15) is 0 Å². The summed E-state index contributed by atoms with van der Waals surface area (Å²) in [4.78, 5) is 7.22. The number of likely N-dealkylation sites (tertiary alicyclic amines) is 1. The Balaban J connectivity index is 2.00. The minimum absolute atomic E-state index is 0.483. The molecule has 0 spiro atoms. The van der Waals surface area contributed by atoms with Gasteiger partial charge in [0.05, 0.1) is 6.04 Å². The molecule has 104 valence electrons. The molecule has 2 aliphatic rings. The molecule has 1 saturated carbocycles. The fourth-order valence-electron chi connectivity index (χ4n) is 3.30. The van der Waals surface area contributed by atoms with Gasteiger partial charge in [-0.3, -0.25) is 5.43 Å². The molecule has 0 aromatic carbocycles. The van der Waals surface area contributed by atoms with Gasteiger partial charge in [0.25, 0.3) is 0 Å². The van der Waals surface area contributed by atoms with E-state index < -0.39 is 0 Å². The molecule has 4 heteroatoms. The summed E-state index contributed by atoms with van der Waals surface area (Å²) in [6, 6.07) is 1.03. The summed E-state index contributed by atoms with van der Waals surface area (Å²) >= 11 is 0. The molecule has 4 nitrogen and oxygen atoms in total. The molecule has 2 unspecified atom stereocenters. The first kappa shape index (κ1) is 13.7. The average Bonchev–Trinajstić information content (AvgIpc) is 2.38. The highest BCUT2D eigenvalue weighted by atomic mass is 15.4. The summed E-state index contributed by atoms with van der Waals surface area (Å²) in [6.45, 7) is 5.70. The van der Waals surface area contributed by atoms with Gasteiger partial charge < -0.3 is 4.90 Å². The van der Waals surface area contributed by atoms with Gasteiger partial charge >= 0.3 is 0 Å². The van der Waals surface area contributed by atoms with Crippen molar-refractivity contribution in [2.75, 3.05) is 6.54 Å². The van der Waals surface area contributed by atoms with Crippen LogP contribution in [0.3, 0.4) is 0 Å². The second-order valence-corrected chi connectivity index (χ2v) is 6.06. The molecular formula is C14H28N4. The van der Waals surface area contributed by atoms with E-state index in [2.05, 4.69) is 24.2 Å². The normalized spacial score (nSPS) is 31.5. The summed E-state index contributed by atoms with van der Waals surface area (Å²) in [5.41, 5.74) is 2.84. The minimum atomic E-state index is 0.483. The zero-order valence-electron chi connectivity index (χ0n) is 11.9. The van der Waals surface area contributed by atoms with Crippen molar-refractivity contribution >= 4 is 5.96 Å². The first-order chi connectivity index (χ1) is 8.70. The van der Waals surface area contributed by atoms with E-state index in [1.807, 2.05) is 0 Å². The Bertz CT molecular complexity index is 284. The summed E-state index contributed by atoms with van der Waals surface area (Å²) in [5.74, 6) is 7.44. The predicted octanol–water partition coefficient (Wildman–Crippen LogP) is 2.26. The lowest BCUT2D eigenvalue weighted by Gasteiger charge is -2.38. The summed E-state index contributed by atoms with van der Waals surface area (Å²) in [6.07, 6.45) is 8.95. The molecule has 2 fully saturated rings. The van der Waals surface area contributed by atoms with Gasteiger partial charge in [-0.2, -0.15) is 0 Å². The van der Waals surface area contributed by atoms with E-state index in [1.165, 1.54) is 44.9 Å². The fraction of sp³-hybridized carbons (Fsp3) is 0.929. The van der Waals surface area contributed by atoms with Crippen LogP contribution in [0.25, 0.3) is 0 Å². The second-order valence-electron chi connectivity index (χ2n) is 6.06. The summed E-state index contributed by atoms with van der Waals surface area (Å²) in [5, 5.41) is 0. The Morgan fingerprint density at radius 3 is 2.50 bits per heavy atom. The van der Waals surface area contributed by atoms with Crippen LogP contribution in [0.4, 0.5) is 0 Å². The van der Waals surface area contributed by atoms with Crippen LogP contribution >= 0.6 is 0 Å². The number of rotatable bonds is 1. The van der Waals surface area contributed by atoms with E-state index in [1.54, 1.807) is 0 Å². The van der Waals surface area contributed by atoms with Crippen LogP contribution in [-0.4, -0.2) is 29.5 Å². The van der Waals surface area contributed by atoms with Gasteiger partial charge in [-0.1, -0.05) is 26.2 Å². The highest BCUT2D eigenvalue weighted by Gasteiger charge is 2.26. The van der Waals surface area contributed by atoms with Crippen LogP contribution < -0.4 is 11.3 Å². The summed E-state index contributed by atoms with van der Waals surface area (Å²) < 4.78 is 0. The lowest BCUT2D eigenvalue weighted by atomic mass is 9.93. The molecule has 1 aliphatic heterocycles. The van der Waals surface area contributed by atoms with Gasteiger partial charge in [0.1, 0.15) is 0 Å². The first-order valence-electron chi connectivity index (χ1n) is 7.51. The van der Waals surface area contributed by atoms with Gasteiger partial charge in [0.2, 0.25) is 5.96 Å².